The summed E-state index contributed by atoms with van der Waals surface area (Å²) >= 11 is 0. The Kier molecular flexibility index (Phi) is 6.62. The number of hydrogen-bond acceptors (Lipinski definition) is 3. The molecule has 1 saturated heterocycles. The third kappa shape index (κ3) is 4.85. The number of hydrogen-bond donors (Lipinski definition) is 1. The Balaban J connectivity index is 1.56. The molecule has 1 aliphatic heterocycles. The van der Waals surface area contributed by atoms with E-state index in [9.17, 15) is 4.79 Å². The monoisotopic (exact) mass is 433 g/mol. The summed E-state index contributed by atoms with van der Waals surface area (Å²) in [5.41, 5.74) is 3.28. The Hall–Kier alpha value is -2.33. The van der Waals surface area contributed by atoms with E-state index in [-0.39, 0.29) is 11.4 Å². The fourth-order valence-corrected chi connectivity index (χ4v) is 5.26. The molecule has 0 radical (unpaired) electrons. The lowest BCUT2D eigenvalue weighted by Gasteiger charge is -2.51. The highest BCUT2D eigenvalue weighted by Crippen LogP contribution is 2.45. The molecule has 0 aromatic heterocycles. The standard InChI is InChI=1S/C28H39N3O/c1-22-13-15-28(16-14-22,23-9-8-10-24(21-23)29-26(32)27(2,3)4)31-19-17-30(18-20-31)25-11-6-5-7-12-25/h5-12,21-22H,13-20H2,1-4H3,(H,29,32). The van der Waals surface area contributed by atoms with Crippen LogP contribution in [0.25, 0.3) is 0 Å². The molecule has 1 heterocycles. The molecule has 2 aromatic carbocycles. The molecular formula is C28H39N3O. The second kappa shape index (κ2) is 9.27. The van der Waals surface area contributed by atoms with Crippen LogP contribution in [0.2, 0.25) is 0 Å². The highest BCUT2D eigenvalue weighted by molar-refractivity contribution is 5.94. The molecular weight excluding hydrogens is 394 g/mol. The van der Waals surface area contributed by atoms with Gasteiger partial charge in [0.1, 0.15) is 0 Å². The first-order valence-electron chi connectivity index (χ1n) is 12.2. The Morgan fingerprint density at radius 2 is 1.59 bits per heavy atom. The van der Waals surface area contributed by atoms with Gasteiger partial charge in [0, 0.05) is 48.5 Å². The van der Waals surface area contributed by atoms with E-state index < -0.39 is 5.41 Å². The third-order valence-electron chi connectivity index (χ3n) is 7.45. The fourth-order valence-electron chi connectivity index (χ4n) is 5.26. The Bertz CT molecular complexity index is 902. The van der Waals surface area contributed by atoms with E-state index in [1.165, 1.54) is 36.9 Å². The van der Waals surface area contributed by atoms with Gasteiger partial charge in [-0.1, -0.05) is 58.0 Å². The zero-order valence-electron chi connectivity index (χ0n) is 20.2. The zero-order valence-corrected chi connectivity index (χ0v) is 20.2. The van der Waals surface area contributed by atoms with E-state index in [0.717, 1.165) is 37.8 Å². The average Bonchev–Trinajstić information content (AvgIpc) is 2.80. The van der Waals surface area contributed by atoms with Crippen molar-refractivity contribution < 1.29 is 4.79 Å². The van der Waals surface area contributed by atoms with Gasteiger partial charge in [-0.2, -0.15) is 0 Å². The first kappa shape index (κ1) is 22.8. The van der Waals surface area contributed by atoms with Gasteiger partial charge < -0.3 is 10.2 Å². The normalized spacial score (nSPS) is 24.9. The lowest BCUT2D eigenvalue weighted by atomic mass is 9.71. The van der Waals surface area contributed by atoms with Crippen LogP contribution < -0.4 is 10.2 Å². The van der Waals surface area contributed by atoms with Gasteiger partial charge in [0.2, 0.25) is 5.91 Å². The molecule has 0 spiro atoms. The maximum Gasteiger partial charge on any atom is 0.229 e. The first-order valence-corrected chi connectivity index (χ1v) is 12.2. The molecule has 1 N–H and O–H groups in total. The summed E-state index contributed by atoms with van der Waals surface area (Å²) < 4.78 is 0. The maximum absolute atomic E-state index is 12.6. The van der Waals surface area contributed by atoms with Gasteiger partial charge in [-0.3, -0.25) is 9.69 Å². The lowest BCUT2D eigenvalue weighted by Crippen LogP contribution is -2.56. The highest BCUT2D eigenvalue weighted by Gasteiger charge is 2.42. The van der Waals surface area contributed by atoms with Crippen molar-refractivity contribution in [2.45, 2.75) is 58.9 Å². The van der Waals surface area contributed by atoms with E-state index >= 15 is 0 Å². The van der Waals surface area contributed by atoms with Crippen molar-refractivity contribution in [3.05, 3.63) is 60.2 Å². The minimum atomic E-state index is -0.401. The van der Waals surface area contributed by atoms with Gasteiger partial charge in [-0.25, -0.2) is 0 Å². The van der Waals surface area contributed by atoms with Crippen LogP contribution in [0.5, 0.6) is 0 Å². The van der Waals surface area contributed by atoms with Crippen LogP contribution in [0.4, 0.5) is 11.4 Å². The minimum absolute atomic E-state index is 0.0671. The highest BCUT2D eigenvalue weighted by atomic mass is 16.2. The Morgan fingerprint density at radius 3 is 2.22 bits per heavy atom. The van der Waals surface area contributed by atoms with Crippen LogP contribution >= 0.6 is 0 Å². The molecule has 0 atom stereocenters. The van der Waals surface area contributed by atoms with Crippen molar-refractivity contribution >= 4 is 17.3 Å². The molecule has 0 bridgehead atoms. The summed E-state index contributed by atoms with van der Waals surface area (Å²) in [7, 11) is 0. The molecule has 1 saturated carbocycles. The molecule has 4 nitrogen and oxygen atoms in total. The number of nitrogens with one attached hydrogen (secondary N) is 1. The number of nitrogens with zero attached hydrogens (tertiary/aromatic N) is 2. The van der Waals surface area contributed by atoms with Gasteiger partial charge in [0.15, 0.2) is 0 Å². The molecule has 4 rings (SSSR count). The number of para-hydroxylation sites is 1. The van der Waals surface area contributed by atoms with Crippen LogP contribution in [-0.4, -0.2) is 37.0 Å². The molecule has 1 aliphatic carbocycles. The smallest absolute Gasteiger partial charge is 0.229 e. The molecule has 4 heteroatoms. The van der Waals surface area contributed by atoms with Crippen molar-refractivity contribution in [2.75, 3.05) is 36.4 Å². The number of rotatable bonds is 4. The van der Waals surface area contributed by atoms with Gasteiger partial charge in [-0.05, 0) is 61.4 Å². The predicted molar refractivity (Wildman–Crippen MR) is 134 cm³/mol. The van der Waals surface area contributed by atoms with Crippen molar-refractivity contribution in [1.82, 2.24) is 4.90 Å². The van der Waals surface area contributed by atoms with Crippen molar-refractivity contribution in [1.29, 1.82) is 0 Å². The van der Waals surface area contributed by atoms with Gasteiger partial charge in [0.25, 0.3) is 0 Å². The number of anilines is 2. The van der Waals surface area contributed by atoms with E-state index in [1.54, 1.807) is 0 Å². The van der Waals surface area contributed by atoms with E-state index in [2.05, 4.69) is 70.6 Å². The molecule has 2 fully saturated rings. The van der Waals surface area contributed by atoms with Crippen molar-refractivity contribution in [2.24, 2.45) is 11.3 Å². The molecule has 2 aromatic rings. The second-order valence-electron chi connectivity index (χ2n) is 10.8. The Morgan fingerprint density at radius 1 is 0.938 bits per heavy atom. The number of carbonyl (C=O) groups excluding carboxylic acids is 1. The van der Waals surface area contributed by atoms with Crippen LogP contribution in [0.1, 0.15) is 58.9 Å². The predicted octanol–water partition coefficient (Wildman–Crippen LogP) is 5.90. The molecule has 32 heavy (non-hydrogen) atoms. The summed E-state index contributed by atoms with van der Waals surface area (Å²) in [6.45, 7) is 12.5. The Labute approximate surface area is 194 Å². The molecule has 0 unspecified atom stereocenters. The van der Waals surface area contributed by atoms with E-state index in [0.29, 0.717) is 0 Å². The maximum atomic E-state index is 12.6. The second-order valence-corrected chi connectivity index (χ2v) is 10.8. The molecule has 1 amide bonds. The number of benzene rings is 2. The summed E-state index contributed by atoms with van der Waals surface area (Å²) in [6.07, 6.45) is 4.90. The minimum Gasteiger partial charge on any atom is -0.369 e. The van der Waals surface area contributed by atoms with Crippen LogP contribution in [0, 0.1) is 11.3 Å². The van der Waals surface area contributed by atoms with Crippen molar-refractivity contribution in [3.8, 4) is 0 Å². The van der Waals surface area contributed by atoms with Crippen LogP contribution in [0.15, 0.2) is 54.6 Å². The summed E-state index contributed by atoms with van der Waals surface area (Å²) in [4.78, 5) is 17.8. The van der Waals surface area contributed by atoms with Crippen LogP contribution in [-0.2, 0) is 10.3 Å². The van der Waals surface area contributed by atoms with E-state index in [1.807, 2.05) is 26.8 Å². The largest absolute Gasteiger partial charge is 0.369 e. The van der Waals surface area contributed by atoms with E-state index in [4.69, 9.17) is 0 Å². The van der Waals surface area contributed by atoms with Gasteiger partial charge in [-0.15, -0.1) is 0 Å². The van der Waals surface area contributed by atoms with Crippen LogP contribution in [0.3, 0.4) is 0 Å². The molecule has 2 aliphatic rings. The number of piperazine rings is 1. The summed E-state index contributed by atoms with van der Waals surface area (Å²) in [5.74, 6) is 0.856. The zero-order chi connectivity index (χ0) is 22.8. The summed E-state index contributed by atoms with van der Waals surface area (Å²) in [6, 6.07) is 19.4. The summed E-state index contributed by atoms with van der Waals surface area (Å²) in [5, 5.41) is 3.15. The van der Waals surface area contributed by atoms with Gasteiger partial charge >= 0.3 is 0 Å². The number of carbonyl (C=O) groups is 1. The SMILES string of the molecule is CC1CCC(c2cccc(NC(=O)C(C)(C)C)c2)(N2CCN(c3ccccc3)CC2)CC1. The first-order chi connectivity index (χ1) is 15.3. The fraction of sp³-hybridized carbons (Fsp3) is 0.536. The average molecular weight is 434 g/mol. The lowest BCUT2D eigenvalue weighted by molar-refractivity contribution is -0.123. The topological polar surface area (TPSA) is 35.6 Å². The van der Waals surface area contributed by atoms with Crippen molar-refractivity contribution in [3.63, 3.8) is 0 Å². The number of amides is 1. The van der Waals surface area contributed by atoms with Gasteiger partial charge in [0.05, 0.1) is 0 Å². The third-order valence-corrected chi connectivity index (χ3v) is 7.45. The quantitative estimate of drug-likeness (QED) is 0.652. The molecule has 172 valence electrons.